The molecule has 25 heavy (non-hydrogen) atoms. The van der Waals surface area contributed by atoms with Crippen molar-refractivity contribution in [1.82, 2.24) is 5.32 Å². The van der Waals surface area contributed by atoms with E-state index in [1.54, 1.807) is 0 Å². The minimum atomic E-state index is -0.115. The molecule has 2 amide bonds. The third-order valence-electron chi connectivity index (χ3n) is 5.14. The molecule has 0 bridgehead atoms. The van der Waals surface area contributed by atoms with E-state index in [1.807, 2.05) is 0 Å². The van der Waals surface area contributed by atoms with E-state index in [9.17, 15) is 9.59 Å². The number of nitrogens with one attached hydrogen (secondary N) is 1. The van der Waals surface area contributed by atoms with E-state index < -0.39 is 0 Å². The van der Waals surface area contributed by atoms with Crippen molar-refractivity contribution in [2.75, 3.05) is 0 Å². The first-order valence-electron chi connectivity index (χ1n) is 10.7. The van der Waals surface area contributed by atoms with Crippen molar-refractivity contribution in [3.05, 3.63) is 12.2 Å². The lowest BCUT2D eigenvalue weighted by atomic mass is 10.0. The Morgan fingerprint density at radius 3 is 1.84 bits per heavy atom. The first-order chi connectivity index (χ1) is 12.2. The molecule has 0 aliphatic carbocycles. The summed E-state index contributed by atoms with van der Waals surface area (Å²) in [5.74, 6) is -0.293. The van der Waals surface area contributed by atoms with E-state index in [0.29, 0.717) is 6.42 Å². The lowest BCUT2D eigenvalue weighted by molar-refractivity contribution is -0.125. The molecule has 1 unspecified atom stereocenters. The standard InChI is InChI=1S/C22H39NO2/c1-2-3-4-5-6-7-8-9-10-11-12-13-14-15-16-17-18-20-19-21(24)23-22(20)25/h15-16,20H,2-14,17-19H2,1H3,(H,23,24,25). The Hall–Kier alpha value is -1.12. The van der Waals surface area contributed by atoms with Crippen LogP contribution in [0.2, 0.25) is 0 Å². The van der Waals surface area contributed by atoms with Gasteiger partial charge >= 0.3 is 0 Å². The number of carbonyl (C=O) groups excluding carboxylic acids is 2. The maximum Gasteiger partial charge on any atom is 0.230 e. The van der Waals surface area contributed by atoms with Crippen LogP contribution in [0.15, 0.2) is 12.2 Å². The minimum Gasteiger partial charge on any atom is -0.296 e. The molecule has 3 heteroatoms. The zero-order valence-electron chi connectivity index (χ0n) is 16.4. The molecule has 1 aliphatic heterocycles. The Morgan fingerprint density at radius 2 is 1.32 bits per heavy atom. The van der Waals surface area contributed by atoms with Crippen LogP contribution in [0, 0.1) is 5.92 Å². The maximum atomic E-state index is 11.4. The van der Waals surface area contributed by atoms with Crippen LogP contribution in [0.3, 0.4) is 0 Å². The number of hydrogen-bond acceptors (Lipinski definition) is 2. The van der Waals surface area contributed by atoms with Gasteiger partial charge in [-0.3, -0.25) is 14.9 Å². The van der Waals surface area contributed by atoms with Crippen molar-refractivity contribution in [2.45, 2.75) is 110 Å². The van der Waals surface area contributed by atoms with Crippen LogP contribution in [0.25, 0.3) is 0 Å². The highest BCUT2D eigenvalue weighted by molar-refractivity contribution is 6.03. The van der Waals surface area contributed by atoms with Crippen molar-refractivity contribution in [1.29, 1.82) is 0 Å². The molecule has 1 N–H and O–H groups in total. The van der Waals surface area contributed by atoms with Gasteiger partial charge in [0.25, 0.3) is 0 Å². The van der Waals surface area contributed by atoms with Gasteiger partial charge in [-0.1, -0.05) is 89.7 Å². The number of carbonyl (C=O) groups is 2. The summed E-state index contributed by atoms with van der Waals surface area (Å²) in [5, 5.41) is 2.37. The van der Waals surface area contributed by atoms with Gasteiger partial charge in [0.2, 0.25) is 11.8 Å². The molecule has 0 aromatic heterocycles. The summed E-state index contributed by atoms with van der Waals surface area (Å²) in [6.45, 7) is 2.27. The Kier molecular flexibility index (Phi) is 13.3. The molecule has 0 aromatic rings. The molecular formula is C22H39NO2. The smallest absolute Gasteiger partial charge is 0.230 e. The third-order valence-corrected chi connectivity index (χ3v) is 5.14. The second-order valence-corrected chi connectivity index (χ2v) is 7.54. The minimum absolute atomic E-state index is 0.0839. The third kappa shape index (κ3) is 12.0. The van der Waals surface area contributed by atoms with Gasteiger partial charge in [-0.2, -0.15) is 0 Å². The van der Waals surface area contributed by atoms with Crippen LogP contribution >= 0.6 is 0 Å². The van der Waals surface area contributed by atoms with Gasteiger partial charge < -0.3 is 0 Å². The highest BCUT2D eigenvalue weighted by Gasteiger charge is 2.29. The number of amides is 2. The van der Waals surface area contributed by atoms with Crippen LogP contribution in [0.1, 0.15) is 110 Å². The predicted octanol–water partition coefficient (Wildman–Crippen LogP) is 6.08. The normalized spacial score (nSPS) is 17.6. The van der Waals surface area contributed by atoms with Crippen molar-refractivity contribution >= 4 is 11.8 Å². The quantitative estimate of drug-likeness (QED) is 0.209. The summed E-state index contributed by atoms with van der Waals surface area (Å²) >= 11 is 0. The largest absolute Gasteiger partial charge is 0.296 e. The van der Waals surface area contributed by atoms with Gasteiger partial charge in [0.1, 0.15) is 0 Å². The Labute approximate surface area is 155 Å². The SMILES string of the molecule is CCCCCCCCCCCCCCC=CCCC1CC(=O)NC1=O. The van der Waals surface area contributed by atoms with Gasteiger partial charge in [-0.25, -0.2) is 0 Å². The number of unbranched alkanes of at least 4 members (excludes halogenated alkanes) is 12. The average molecular weight is 350 g/mol. The lowest BCUT2D eigenvalue weighted by Crippen LogP contribution is -2.21. The molecule has 0 radical (unpaired) electrons. The molecular weight excluding hydrogens is 310 g/mol. The number of imide groups is 1. The van der Waals surface area contributed by atoms with E-state index in [0.717, 1.165) is 19.3 Å². The zero-order valence-corrected chi connectivity index (χ0v) is 16.4. The first-order valence-corrected chi connectivity index (χ1v) is 10.7. The predicted molar refractivity (Wildman–Crippen MR) is 105 cm³/mol. The van der Waals surface area contributed by atoms with E-state index in [-0.39, 0.29) is 17.7 Å². The summed E-state index contributed by atoms with van der Waals surface area (Å²) < 4.78 is 0. The fourth-order valence-electron chi connectivity index (χ4n) is 3.48. The number of hydrogen-bond donors (Lipinski definition) is 1. The number of allylic oxidation sites excluding steroid dienone is 2. The Bertz CT molecular complexity index is 389. The van der Waals surface area contributed by atoms with Crippen LogP contribution in [0.4, 0.5) is 0 Å². The van der Waals surface area contributed by atoms with Gasteiger partial charge in [0.15, 0.2) is 0 Å². The second-order valence-electron chi connectivity index (χ2n) is 7.54. The van der Waals surface area contributed by atoms with E-state index in [4.69, 9.17) is 0 Å². The highest BCUT2D eigenvalue weighted by atomic mass is 16.2. The van der Waals surface area contributed by atoms with Gasteiger partial charge in [-0.05, 0) is 25.7 Å². The van der Waals surface area contributed by atoms with Crippen molar-refractivity contribution in [2.24, 2.45) is 5.92 Å². The van der Waals surface area contributed by atoms with Crippen LogP contribution in [-0.4, -0.2) is 11.8 Å². The molecule has 1 atom stereocenters. The van der Waals surface area contributed by atoms with E-state index in [1.165, 1.54) is 77.0 Å². The summed E-state index contributed by atoms with van der Waals surface area (Å²) in [5.41, 5.74) is 0. The average Bonchev–Trinajstić information content (AvgIpc) is 2.92. The van der Waals surface area contributed by atoms with Gasteiger partial charge in [0.05, 0.1) is 0 Å². The molecule has 0 aromatic carbocycles. The summed E-state index contributed by atoms with van der Waals surface area (Å²) in [6.07, 6.45) is 24.3. The fourth-order valence-corrected chi connectivity index (χ4v) is 3.48. The molecule has 1 aliphatic rings. The molecule has 1 rings (SSSR count). The first kappa shape index (κ1) is 21.9. The fraction of sp³-hybridized carbons (Fsp3) is 0.818. The van der Waals surface area contributed by atoms with Crippen molar-refractivity contribution < 1.29 is 9.59 Å². The molecule has 3 nitrogen and oxygen atoms in total. The van der Waals surface area contributed by atoms with Gasteiger partial charge in [-0.15, -0.1) is 0 Å². The van der Waals surface area contributed by atoms with Crippen LogP contribution < -0.4 is 5.32 Å². The topological polar surface area (TPSA) is 46.2 Å². The summed E-state index contributed by atoms with van der Waals surface area (Å²) in [6, 6.07) is 0. The van der Waals surface area contributed by atoms with E-state index in [2.05, 4.69) is 24.4 Å². The van der Waals surface area contributed by atoms with Crippen molar-refractivity contribution in [3.8, 4) is 0 Å². The monoisotopic (exact) mass is 349 g/mol. The number of rotatable bonds is 16. The van der Waals surface area contributed by atoms with E-state index >= 15 is 0 Å². The van der Waals surface area contributed by atoms with Crippen LogP contribution in [-0.2, 0) is 9.59 Å². The van der Waals surface area contributed by atoms with Crippen LogP contribution in [0.5, 0.6) is 0 Å². The lowest BCUT2D eigenvalue weighted by Gasteiger charge is -2.02. The molecule has 1 fully saturated rings. The maximum absolute atomic E-state index is 11.4. The highest BCUT2D eigenvalue weighted by Crippen LogP contribution is 2.17. The molecule has 1 saturated heterocycles. The Balaban J connectivity index is 1.78. The molecule has 0 spiro atoms. The van der Waals surface area contributed by atoms with Crippen molar-refractivity contribution in [3.63, 3.8) is 0 Å². The molecule has 1 heterocycles. The summed E-state index contributed by atoms with van der Waals surface area (Å²) in [4.78, 5) is 22.5. The molecule has 0 saturated carbocycles. The van der Waals surface area contributed by atoms with Gasteiger partial charge in [0, 0.05) is 12.3 Å². The Morgan fingerprint density at radius 1 is 0.800 bits per heavy atom. The zero-order chi connectivity index (χ0) is 18.2. The molecule has 144 valence electrons. The summed E-state index contributed by atoms with van der Waals surface area (Å²) in [7, 11) is 0. The second kappa shape index (κ2) is 15.2.